The molecule has 2 aromatic carbocycles. The van der Waals surface area contributed by atoms with Gasteiger partial charge in [0.2, 0.25) is 10.0 Å². The maximum Gasteiger partial charge on any atom is 0.243 e. The first kappa shape index (κ1) is 19.9. The standard InChI is InChI=1S/C20H22ClNO4S2/c21-17-6-9-18(10-7-17)27(23,24)20-11-12-22(14-20)28(25,26)19-8-5-15-3-1-2-4-16(15)13-19/h5-10,13,20H,1-4,11-12,14H2. The Kier molecular flexibility index (Phi) is 5.29. The van der Waals surface area contributed by atoms with E-state index in [1.807, 2.05) is 6.07 Å². The lowest BCUT2D eigenvalue weighted by molar-refractivity contribution is 0.476. The Labute approximate surface area is 171 Å². The minimum Gasteiger partial charge on any atom is -0.223 e. The molecule has 0 amide bonds. The van der Waals surface area contributed by atoms with E-state index in [-0.39, 0.29) is 29.3 Å². The number of sulfone groups is 1. The van der Waals surface area contributed by atoms with E-state index in [4.69, 9.17) is 11.6 Å². The molecule has 1 aliphatic heterocycles. The van der Waals surface area contributed by atoms with Crippen molar-refractivity contribution in [1.82, 2.24) is 4.31 Å². The van der Waals surface area contributed by atoms with E-state index in [1.165, 1.54) is 34.1 Å². The Morgan fingerprint density at radius 1 is 0.857 bits per heavy atom. The molecule has 1 unspecified atom stereocenters. The SMILES string of the molecule is O=S(=O)(c1ccc(Cl)cc1)C1CCN(S(=O)(=O)c2ccc3c(c2)CCCC3)C1. The Hall–Kier alpha value is -1.41. The molecule has 5 nitrogen and oxygen atoms in total. The fourth-order valence-corrected chi connectivity index (χ4v) is 7.47. The van der Waals surface area contributed by atoms with Crippen molar-refractivity contribution in [3.8, 4) is 0 Å². The molecule has 1 heterocycles. The van der Waals surface area contributed by atoms with Crippen molar-refractivity contribution in [2.75, 3.05) is 13.1 Å². The number of sulfonamides is 1. The molecule has 0 aromatic heterocycles. The van der Waals surface area contributed by atoms with Crippen LogP contribution in [0.5, 0.6) is 0 Å². The topological polar surface area (TPSA) is 71.5 Å². The summed E-state index contributed by atoms with van der Waals surface area (Å²) in [5.74, 6) is 0. The second-order valence-electron chi connectivity index (χ2n) is 7.41. The number of halogens is 1. The zero-order valence-corrected chi connectivity index (χ0v) is 17.7. The molecule has 2 aliphatic rings. The fourth-order valence-electron chi connectivity index (χ4n) is 4.01. The van der Waals surface area contributed by atoms with Crippen molar-refractivity contribution < 1.29 is 16.8 Å². The van der Waals surface area contributed by atoms with Crippen LogP contribution in [0.4, 0.5) is 0 Å². The quantitative estimate of drug-likeness (QED) is 0.731. The smallest absolute Gasteiger partial charge is 0.223 e. The number of benzene rings is 2. The molecule has 0 saturated carbocycles. The number of fused-ring (bicyclic) bond motifs is 1. The summed E-state index contributed by atoms with van der Waals surface area (Å²) in [6.07, 6.45) is 4.37. The van der Waals surface area contributed by atoms with Gasteiger partial charge in [0.25, 0.3) is 0 Å². The van der Waals surface area contributed by atoms with Gasteiger partial charge in [0.1, 0.15) is 0 Å². The third kappa shape index (κ3) is 3.61. The van der Waals surface area contributed by atoms with Crippen LogP contribution in [0, 0.1) is 0 Å². The van der Waals surface area contributed by atoms with Crippen LogP contribution in [0.25, 0.3) is 0 Å². The van der Waals surface area contributed by atoms with Gasteiger partial charge in [-0.05, 0) is 79.6 Å². The summed E-state index contributed by atoms with van der Waals surface area (Å²) in [6, 6.07) is 11.3. The minimum absolute atomic E-state index is 0.0234. The maximum absolute atomic E-state index is 13.1. The second kappa shape index (κ2) is 7.44. The van der Waals surface area contributed by atoms with Crippen molar-refractivity contribution in [2.24, 2.45) is 0 Å². The molecule has 0 spiro atoms. The third-order valence-corrected chi connectivity index (χ3v) is 9.95. The molecule has 8 heteroatoms. The average molecular weight is 440 g/mol. The van der Waals surface area contributed by atoms with Crippen molar-refractivity contribution in [3.63, 3.8) is 0 Å². The number of hydrogen-bond acceptors (Lipinski definition) is 4. The fraction of sp³-hybridized carbons (Fsp3) is 0.400. The lowest BCUT2D eigenvalue weighted by Crippen LogP contribution is -2.32. The molecule has 28 heavy (non-hydrogen) atoms. The lowest BCUT2D eigenvalue weighted by atomic mass is 9.92. The summed E-state index contributed by atoms with van der Waals surface area (Å²) >= 11 is 5.84. The van der Waals surface area contributed by atoms with E-state index < -0.39 is 25.1 Å². The summed E-state index contributed by atoms with van der Waals surface area (Å²) < 4.78 is 53.2. The second-order valence-corrected chi connectivity index (χ2v) is 12.0. The summed E-state index contributed by atoms with van der Waals surface area (Å²) in [4.78, 5) is 0.438. The van der Waals surface area contributed by atoms with Gasteiger partial charge in [0, 0.05) is 18.1 Å². The van der Waals surface area contributed by atoms with E-state index in [0.717, 1.165) is 31.2 Å². The van der Waals surface area contributed by atoms with Crippen LogP contribution < -0.4 is 0 Å². The molecule has 0 N–H and O–H groups in total. The Morgan fingerprint density at radius 3 is 2.21 bits per heavy atom. The van der Waals surface area contributed by atoms with Gasteiger partial charge in [-0.25, -0.2) is 16.8 Å². The van der Waals surface area contributed by atoms with Crippen LogP contribution in [0.2, 0.25) is 5.02 Å². The Balaban J connectivity index is 1.57. The lowest BCUT2D eigenvalue weighted by Gasteiger charge is -2.20. The highest BCUT2D eigenvalue weighted by Crippen LogP contribution is 2.30. The van der Waals surface area contributed by atoms with E-state index in [1.54, 1.807) is 12.1 Å². The monoisotopic (exact) mass is 439 g/mol. The largest absolute Gasteiger partial charge is 0.243 e. The van der Waals surface area contributed by atoms with E-state index in [0.29, 0.717) is 5.02 Å². The van der Waals surface area contributed by atoms with Gasteiger partial charge in [-0.3, -0.25) is 0 Å². The summed E-state index contributed by atoms with van der Waals surface area (Å²) in [6.45, 7) is 0.182. The van der Waals surface area contributed by atoms with Gasteiger partial charge in [0.05, 0.1) is 15.0 Å². The number of aryl methyl sites for hydroxylation is 2. The zero-order valence-electron chi connectivity index (χ0n) is 15.3. The zero-order chi connectivity index (χ0) is 19.9. The molecular formula is C20H22ClNO4S2. The van der Waals surface area contributed by atoms with Crippen molar-refractivity contribution in [3.05, 3.63) is 58.6 Å². The first-order valence-electron chi connectivity index (χ1n) is 9.40. The predicted molar refractivity (Wildman–Crippen MR) is 109 cm³/mol. The van der Waals surface area contributed by atoms with Gasteiger partial charge < -0.3 is 0 Å². The van der Waals surface area contributed by atoms with Crippen LogP contribution >= 0.6 is 11.6 Å². The molecule has 2 aromatic rings. The van der Waals surface area contributed by atoms with Gasteiger partial charge in [-0.1, -0.05) is 17.7 Å². The highest BCUT2D eigenvalue weighted by atomic mass is 35.5. The molecule has 1 saturated heterocycles. The van der Waals surface area contributed by atoms with E-state index in [9.17, 15) is 16.8 Å². The van der Waals surface area contributed by atoms with E-state index >= 15 is 0 Å². The average Bonchev–Trinajstić information content (AvgIpc) is 3.20. The van der Waals surface area contributed by atoms with Crippen LogP contribution in [-0.2, 0) is 32.7 Å². The molecule has 150 valence electrons. The number of rotatable bonds is 4. The molecule has 4 rings (SSSR count). The summed E-state index contributed by atoms with van der Waals surface area (Å²) in [7, 11) is -7.32. The van der Waals surface area contributed by atoms with Gasteiger partial charge in [-0.2, -0.15) is 4.31 Å². The predicted octanol–water partition coefficient (Wildman–Crippen LogP) is 3.46. The minimum atomic E-state index is -3.71. The highest BCUT2D eigenvalue weighted by Gasteiger charge is 2.39. The normalized spacial score (nSPS) is 20.8. The van der Waals surface area contributed by atoms with Crippen LogP contribution in [0.15, 0.2) is 52.3 Å². The van der Waals surface area contributed by atoms with E-state index in [2.05, 4.69) is 0 Å². The molecular weight excluding hydrogens is 418 g/mol. The van der Waals surface area contributed by atoms with Gasteiger partial charge in [-0.15, -0.1) is 0 Å². The van der Waals surface area contributed by atoms with Crippen molar-refractivity contribution in [2.45, 2.75) is 47.1 Å². The Morgan fingerprint density at radius 2 is 1.50 bits per heavy atom. The van der Waals surface area contributed by atoms with Gasteiger partial charge >= 0.3 is 0 Å². The molecule has 1 aliphatic carbocycles. The van der Waals surface area contributed by atoms with Crippen molar-refractivity contribution >= 4 is 31.5 Å². The number of nitrogens with zero attached hydrogens (tertiary/aromatic N) is 1. The number of hydrogen-bond donors (Lipinski definition) is 0. The molecule has 1 fully saturated rings. The maximum atomic E-state index is 13.1. The molecule has 1 atom stereocenters. The summed E-state index contributed by atoms with van der Waals surface area (Å²) in [5.41, 5.74) is 2.31. The van der Waals surface area contributed by atoms with Crippen LogP contribution in [-0.4, -0.2) is 39.5 Å². The first-order chi connectivity index (χ1) is 13.3. The first-order valence-corrected chi connectivity index (χ1v) is 12.8. The third-order valence-electron chi connectivity index (χ3n) is 5.65. The Bertz CT molecular complexity index is 1100. The molecule has 0 bridgehead atoms. The van der Waals surface area contributed by atoms with Crippen LogP contribution in [0.1, 0.15) is 30.4 Å². The molecule has 0 radical (unpaired) electrons. The summed E-state index contributed by atoms with van der Waals surface area (Å²) in [5, 5.41) is -0.289. The van der Waals surface area contributed by atoms with Crippen molar-refractivity contribution in [1.29, 1.82) is 0 Å². The van der Waals surface area contributed by atoms with Gasteiger partial charge in [0.15, 0.2) is 9.84 Å². The van der Waals surface area contributed by atoms with Crippen LogP contribution in [0.3, 0.4) is 0 Å². The highest BCUT2D eigenvalue weighted by molar-refractivity contribution is 7.92.